The molecule has 0 unspecified atom stereocenters. The fourth-order valence-corrected chi connectivity index (χ4v) is 3.43. The third-order valence-electron chi connectivity index (χ3n) is 4.11. The van der Waals surface area contributed by atoms with Crippen molar-refractivity contribution < 1.29 is 19.0 Å². The summed E-state index contributed by atoms with van der Waals surface area (Å²) in [5, 5.41) is 5.24. The lowest BCUT2D eigenvalue weighted by atomic mass is 10.2. The van der Waals surface area contributed by atoms with E-state index < -0.39 is 0 Å². The van der Waals surface area contributed by atoms with Crippen LogP contribution in [0.5, 0.6) is 17.2 Å². The Morgan fingerprint density at radius 2 is 1.93 bits per heavy atom. The number of hydrogen-bond donors (Lipinski definition) is 1. The monoisotopic (exact) mass is 394 g/mol. The molecular weight excluding hydrogens is 376 g/mol. The van der Waals surface area contributed by atoms with Gasteiger partial charge >= 0.3 is 0 Å². The molecule has 2 aromatic carbocycles. The number of rotatable bonds is 5. The molecule has 0 fully saturated rings. The van der Waals surface area contributed by atoms with Gasteiger partial charge in [-0.25, -0.2) is 4.98 Å². The second kappa shape index (κ2) is 8.14. The summed E-state index contributed by atoms with van der Waals surface area (Å²) >= 11 is 1.38. The van der Waals surface area contributed by atoms with Crippen molar-refractivity contribution in [2.45, 2.75) is 0 Å². The largest absolute Gasteiger partial charge is 0.497 e. The summed E-state index contributed by atoms with van der Waals surface area (Å²) in [6, 6.07) is 13.2. The number of nitrogens with zero attached hydrogens (tertiary/aromatic N) is 1. The van der Waals surface area contributed by atoms with Gasteiger partial charge in [0.15, 0.2) is 16.6 Å². The van der Waals surface area contributed by atoms with Gasteiger partial charge in [-0.2, -0.15) is 0 Å². The minimum atomic E-state index is -0.245. The van der Waals surface area contributed by atoms with E-state index in [0.717, 1.165) is 28.3 Å². The average molecular weight is 394 g/mol. The van der Waals surface area contributed by atoms with E-state index in [-0.39, 0.29) is 5.91 Å². The zero-order valence-electron chi connectivity index (χ0n) is 15.2. The van der Waals surface area contributed by atoms with Gasteiger partial charge in [-0.3, -0.25) is 10.1 Å². The maximum Gasteiger partial charge on any atom is 0.250 e. The Labute approximate surface area is 166 Å². The summed E-state index contributed by atoms with van der Waals surface area (Å²) in [5.74, 6) is 1.96. The van der Waals surface area contributed by atoms with Crippen molar-refractivity contribution in [2.24, 2.45) is 0 Å². The van der Waals surface area contributed by atoms with E-state index in [4.69, 9.17) is 14.2 Å². The predicted octanol–water partition coefficient (Wildman–Crippen LogP) is 4.24. The lowest BCUT2D eigenvalue weighted by Crippen LogP contribution is -2.15. The molecule has 0 spiro atoms. The first-order valence-electron chi connectivity index (χ1n) is 8.70. The summed E-state index contributed by atoms with van der Waals surface area (Å²) in [7, 11) is 1.63. The molecule has 0 aliphatic carbocycles. The molecule has 1 aromatic heterocycles. The van der Waals surface area contributed by atoms with Gasteiger partial charge in [0.05, 0.1) is 12.8 Å². The second-order valence-corrected chi connectivity index (χ2v) is 6.85. The topological polar surface area (TPSA) is 69.7 Å². The fraction of sp³-hybridized carbons (Fsp3) is 0.143. The molecule has 3 aromatic rings. The number of fused-ring (bicyclic) bond motifs is 1. The van der Waals surface area contributed by atoms with Crippen LogP contribution >= 0.6 is 11.3 Å². The van der Waals surface area contributed by atoms with Crippen molar-refractivity contribution in [1.82, 2.24) is 4.98 Å². The highest BCUT2D eigenvalue weighted by Gasteiger charge is 2.11. The highest BCUT2D eigenvalue weighted by molar-refractivity contribution is 7.14. The lowest BCUT2D eigenvalue weighted by molar-refractivity contribution is -0.111. The van der Waals surface area contributed by atoms with E-state index in [1.807, 2.05) is 47.8 Å². The Kier molecular flexibility index (Phi) is 5.25. The van der Waals surface area contributed by atoms with E-state index in [0.29, 0.717) is 24.1 Å². The molecule has 0 atom stereocenters. The number of anilines is 1. The molecule has 2 heterocycles. The first kappa shape index (κ1) is 18.1. The van der Waals surface area contributed by atoms with E-state index >= 15 is 0 Å². The molecule has 0 saturated heterocycles. The zero-order chi connectivity index (χ0) is 19.3. The summed E-state index contributed by atoms with van der Waals surface area (Å²) in [5.41, 5.74) is 2.63. The van der Waals surface area contributed by atoms with Gasteiger partial charge in [0, 0.05) is 17.0 Å². The van der Waals surface area contributed by atoms with Crippen molar-refractivity contribution in [3.8, 4) is 28.5 Å². The van der Waals surface area contributed by atoms with Crippen LogP contribution in [0.2, 0.25) is 0 Å². The summed E-state index contributed by atoms with van der Waals surface area (Å²) < 4.78 is 16.2. The number of hydrogen-bond acceptors (Lipinski definition) is 6. The maximum absolute atomic E-state index is 12.2. The molecule has 0 saturated carbocycles. The first-order chi connectivity index (χ1) is 13.7. The second-order valence-electron chi connectivity index (χ2n) is 5.99. The van der Waals surface area contributed by atoms with Crippen molar-refractivity contribution in [3.05, 3.63) is 59.5 Å². The Hall–Kier alpha value is -3.32. The molecular formula is C21H18N2O4S. The van der Waals surface area contributed by atoms with Gasteiger partial charge in [0.2, 0.25) is 5.91 Å². The molecule has 1 N–H and O–H groups in total. The molecule has 1 amide bonds. The van der Waals surface area contributed by atoms with Crippen LogP contribution in [0.1, 0.15) is 5.56 Å². The highest BCUT2D eigenvalue weighted by Crippen LogP contribution is 2.31. The Morgan fingerprint density at radius 1 is 1.14 bits per heavy atom. The van der Waals surface area contributed by atoms with Crippen LogP contribution in [0.15, 0.2) is 53.9 Å². The molecule has 0 radical (unpaired) electrons. The zero-order valence-corrected chi connectivity index (χ0v) is 16.0. The molecule has 6 nitrogen and oxygen atoms in total. The Morgan fingerprint density at radius 3 is 2.71 bits per heavy atom. The van der Waals surface area contributed by atoms with Crippen molar-refractivity contribution in [2.75, 3.05) is 25.6 Å². The van der Waals surface area contributed by atoms with E-state index in [1.165, 1.54) is 17.4 Å². The number of thiazole rings is 1. The number of carbonyl (C=O) groups excluding carboxylic acids is 1. The standard InChI is InChI=1S/C21H18N2O4S/c1-25-16-6-4-15(5-7-16)17-13-28-21(22-17)23-20(24)9-3-14-2-8-18-19(12-14)27-11-10-26-18/h2-9,12-13H,10-11H2,1H3,(H,22,23,24). The first-order valence-corrected chi connectivity index (χ1v) is 9.58. The van der Waals surface area contributed by atoms with Crippen molar-refractivity contribution >= 4 is 28.5 Å². The highest BCUT2D eigenvalue weighted by atomic mass is 32.1. The number of nitrogens with one attached hydrogen (secondary N) is 1. The van der Waals surface area contributed by atoms with Gasteiger partial charge in [0.25, 0.3) is 0 Å². The number of amides is 1. The van der Waals surface area contributed by atoms with Crippen LogP contribution in [-0.4, -0.2) is 31.2 Å². The number of benzene rings is 2. The fourth-order valence-electron chi connectivity index (χ4n) is 2.71. The van der Waals surface area contributed by atoms with Gasteiger partial charge in [-0.1, -0.05) is 6.07 Å². The smallest absolute Gasteiger partial charge is 0.250 e. The van der Waals surface area contributed by atoms with Gasteiger partial charge in [0.1, 0.15) is 19.0 Å². The van der Waals surface area contributed by atoms with Crippen LogP contribution in [0, 0.1) is 0 Å². The number of carbonyl (C=O) groups is 1. The van der Waals surface area contributed by atoms with Crippen LogP contribution in [0.3, 0.4) is 0 Å². The molecule has 0 bridgehead atoms. The lowest BCUT2D eigenvalue weighted by Gasteiger charge is -2.18. The van der Waals surface area contributed by atoms with Crippen LogP contribution in [-0.2, 0) is 4.79 Å². The molecule has 7 heteroatoms. The van der Waals surface area contributed by atoms with E-state index in [1.54, 1.807) is 13.2 Å². The van der Waals surface area contributed by atoms with Gasteiger partial charge in [-0.15, -0.1) is 11.3 Å². The summed E-state index contributed by atoms with van der Waals surface area (Å²) in [6.07, 6.45) is 3.20. The van der Waals surface area contributed by atoms with Gasteiger partial charge in [-0.05, 0) is 48.0 Å². The maximum atomic E-state index is 12.2. The van der Waals surface area contributed by atoms with Crippen molar-refractivity contribution in [1.29, 1.82) is 0 Å². The van der Waals surface area contributed by atoms with Gasteiger partial charge < -0.3 is 14.2 Å². The molecule has 4 rings (SSSR count). The number of aromatic nitrogens is 1. The van der Waals surface area contributed by atoms with Crippen LogP contribution in [0.4, 0.5) is 5.13 Å². The Bertz CT molecular complexity index is 1010. The molecule has 1 aliphatic rings. The van der Waals surface area contributed by atoms with E-state index in [9.17, 15) is 4.79 Å². The summed E-state index contributed by atoms with van der Waals surface area (Å²) in [4.78, 5) is 16.7. The predicted molar refractivity (Wildman–Crippen MR) is 109 cm³/mol. The van der Waals surface area contributed by atoms with Crippen molar-refractivity contribution in [3.63, 3.8) is 0 Å². The van der Waals surface area contributed by atoms with Crippen LogP contribution < -0.4 is 19.5 Å². The molecule has 28 heavy (non-hydrogen) atoms. The number of methoxy groups -OCH3 is 1. The minimum Gasteiger partial charge on any atom is -0.497 e. The van der Waals surface area contributed by atoms with E-state index in [2.05, 4.69) is 10.3 Å². The molecule has 142 valence electrons. The normalized spacial score (nSPS) is 12.8. The summed E-state index contributed by atoms with van der Waals surface area (Å²) in [6.45, 7) is 1.08. The minimum absolute atomic E-state index is 0.245. The Balaban J connectivity index is 1.40. The SMILES string of the molecule is COc1ccc(-c2csc(NC(=O)C=Cc3ccc4c(c3)OCCO4)n2)cc1. The number of ether oxygens (including phenoxy) is 3. The molecule has 1 aliphatic heterocycles. The third-order valence-corrected chi connectivity index (χ3v) is 4.87. The quantitative estimate of drug-likeness (QED) is 0.656. The average Bonchev–Trinajstić information content (AvgIpc) is 3.20. The third kappa shape index (κ3) is 4.15. The van der Waals surface area contributed by atoms with Crippen LogP contribution in [0.25, 0.3) is 17.3 Å².